The lowest BCUT2D eigenvalue weighted by atomic mass is 9.77. The van der Waals surface area contributed by atoms with Crippen LogP contribution >= 0.6 is 0 Å². The predicted octanol–water partition coefficient (Wildman–Crippen LogP) is 2.28. The van der Waals surface area contributed by atoms with Crippen LogP contribution in [0.4, 0.5) is 4.39 Å². The quantitative estimate of drug-likeness (QED) is 0.830. The van der Waals surface area contributed by atoms with Crippen molar-refractivity contribution >= 4 is 5.91 Å². The van der Waals surface area contributed by atoms with Crippen molar-refractivity contribution in [1.29, 1.82) is 5.26 Å². The van der Waals surface area contributed by atoms with Gasteiger partial charge in [-0.05, 0) is 24.8 Å². The number of amides is 1. The summed E-state index contributed by atoms with van der Waals surface area (Å²) in [5.41, 5.74) is 0.263. The number of hydrogen-bond acceptors (Lipinski definition) is 3. The zero-order chi connectivity index (χ0) is 13.8. The fraction of sp³-hybridized carbons (Fsp3) is 0.500. The van der Waals surface area contributed by atoms with E-state index in [1.165, 1.54) is 12.3 Å². The average molecular weight is 261 g/mol. The number of carbonyl (C=O) groups is 1. The van der Waals surface area contributed by atoms with E-state index in [0.717, 1.165) is 25.3 Å². The summed E-state index contributed by atoms with van der Waals surface area (Å²) in [5.74, 6) is -0.876. The third kappa shape index (κ3) is 3.08. The van der Waals surface area contributed by atoms with Crippen molar-refractivity contribution in [2.75, 3.05) is 0 Å². The average Bonchev–Trinajstić information content (AvgIpc) is 2.41. The number of rotatable bonds is 2. The van der Waals surface area contributed by atoms with Crippen molar-refractivity contribution < 1.29 is 9.18 Å². The Kier molecular flexibility index (Phi) is 4.10. The van der Waals surface area contributed by atoms with Gasteiger partial charge in [-0.15, -0.1) is 0 Å². The van der Waals surface area contributed by atoms with Gasteiger partial charge in [-0.25, -0.2) is 4.98 Å². The Balaban J connectivity index is 2.05. The summed E-state index contributed by atoms with van der Waals surface area (Å²) in [6, 6.07) is 4.85. The second kappa shape index (κ2) is 5.79. The molecule has 4 nitrogen and oxygen atoms in total. The van der Waals surface area contributed by atoms with Crippen molar-refractivity contribution in [3.05, 3.63) is 29.8 Å². The maximum Gasteiger partial charge on any atom is 0.251 e. The Hall–Kier alpha value is -1.96. The smallest absolute Gasteiger partial charge is 0.251 e. The minimum absolute atomic E-state index is 0.0202. The van der Waals surface area contributed by atoms with Gasteiger partial charge in [-0.3, -0.25) is 4.79 Å². The molecule has 100 valence electrons. The molecule has 0 aliphatic heterocycles. The molecule has 1 N–H and O–H groups in total. The van der Waals surface area contributed by atoms with Crippen LogP contribution < -0.4 is 5.32 Å². The molecule has 5 heteroatoms. The highest BCUT2D eigenvalue weighted by Gasteiger charge is 2.31. The summed E-state index contributed by atoms with van der Waals surface area (Å²) >= 11 is 0. The van der Waals surface area contributed by atoms with Crippen LogP contribution in [0, 0.1) is 29.1 Å². The molecular weight excluding hydrogens is 245 g/mol. The van der Waals surface area contributed by atoms with Crippen LogP contribution in [0.3, 0.4) is 0 Å². The molecule has 1 heterocycles. The lowest BCUT2D eigenvalue weighted by molar-refractivity contribution is 0.0898. The largest absolute Gasteiger partial charge is 0.349 e. The molecule has 0 bridgehead atoms. The van der Waals surface area contributed by atoms with E-state index in [4.69, 9.17) is 5.26 Å². The van der Waals surface area contributed by atoms with Gasteiger partial charge in [0.2, 0.25) is 5.95 Å². The third-order valence-corrected chi connectivity index (χ3v) is 3.77. The molecule has 19 heavy (non-hydrogen) atoms. The van der Waals surface area contributed by atoms with Crippen LogP contribution in [0.1, 0.15) is 36.5 Å². The zero-order valence-corrected chi connectivity index (χ0v) is 10.8. The minimum Gasteiger partial charge on any atom is -0.349 e. The second-order valence-corrected chi connectivity index (χ2v) is 4.97. The number of pyridine rings is 1. The molecule has 1 aromatic rings. The molecule has 0 saturated heterocycles. The Morgan fingerprint density at radius 1 is 1.58 bits per heavy atom. The lowest BCUT2D eigenvalue weighted by Gasteiger charge is -2.33. The number of nitrogens with zero attached hydrogens (tertiary/aromatic N) is 2. The number of aromatic nitrogens is 1. The third-order valence-electron chi connectivity index (χ3n) is 3.77. The normalized spacial score (nSPS) is 26.5. The number of halogens is 1. The van der Waals surface area contributed by atoms with Crippen LogP contribution in [-0.2, 0) is 0 Å². The van der Waals surface area contributed by atoms with E-state index >= 15 is 0 Å². The van der Waals surface area contributed by atoms with Crippen molar-refractivity contribution in [2.24, 2.45) is 11.8 Å². The number of carbonyl (C=O) groups excluding carboxylic acids is 1. The molecule has 0 spiro atoms. The maximum atomic E-state index is 13.0. The Labute approximate surface area is 111 Å². The van der Waals surface area contributed by atoms with Crippen molar-refractivity contribution in [3.8, 4) is 6.07 Å². The second-order valence-electron chi connectivity index (χ2n) is 4.97. The maximum absolute atomic E-state index is 13.0. The summed E-state index contributed by atoms with van der Waals surface area (Å²) in [7, 11) is 0. The van der Waals surface area contributed by atoms with E-state index in [1.807, 2.05) is 6.92 Å². The van der Waals surface area contributed by atoms with Gasteiger partial charge in [0, 0.05) is 23.9 Å². The first-order valence-electron chi connectivity index (χ1n) is 6.44. The van der Waals surface area contributed by atoms with Gasteiger partial charge >= 0.3 is 0 Å². The Morgan fingerprint density at radius 3 is 3.05 bits per heavy atom. The van der Waals surface area contributed by atoms with Gasteiger partial charge in [-0.2, -0.15) is 9.65 Å². The SMILES string of the molecule is CC1C(C#N)CCCC1NC(=O)c1ccnc(F)c1. The van der Waals surface area contributed by atoms with Gasteiger partial charge in [0.1, 0.15) is 0 Å². The van der Waals surface area contributed by atoms with E-state index in [9.17, 15) is 9.18 Å². The fourth-order valence-corrected chi connectivity index (χ4v) is 2.55. The molecule has 1 fully saturated rings. The summed E-state index contributed by atoms with van der Waals surface area (Å²) in [4.78, 5) is 15.4. The van der Waals surface area contributed by atoms with E-state index < -0.39 is 5.95 Å². The summed E-state index contributed by atoms with van der Waals surface area (Å²) in [6.07, 6.45) is 3.94. The van der Waals surface area contributed by atoms with E-state index in [2.05, 4.69) is 16.4 Å². The lowest BCUT2D eigenvalue weighted by Crippen LogP contribution is -2.44. The minimum atomic E-state index is -0.667. The monoisotopic (exact) mass is 261 g/mol. The number of nitriles is 1. The van der Waals surface area contributed by atoms with Crippen molar-refractivity contribution in [3.63, 3.8) is 0 Å². The molecule has 0 aromatic carbocycles. The van der Waals surface area contributed by atoms with Crippen LogP contribution in [0.15, 0.2) is 18.3 Å². The van der Waals surface area contributed by atoms with Crippen LogP contribution in [0.2, 0.25) is 0 Å². The molecule has 1 aliphatic rings. The highest BCUT2D eigenvalue weighted by atomic mass is 19.1. The standard InChI is InChI=1S/C14H16FN3O/c1-9-11(8-16)3-2-4-12(9)18-14(19)10-5-6-17-13(15)7-10/h5-7,9,11-12H,2-4H2,1H3,(H,18,19). The zero-order valence-electron chi connectivity index (χ0n) is 10.8. The van der Waals surface area contributed by atoms with Crippen molar-refractivity contribution in [1.82, 2.24) is 10.3 Å². The molecule has 1 amide bonds. The van der Waals surface area contributed by atoms with Gasteiger partial charge in [0.05, 0.1) is 12.0 Å². The number of hydrogen-bond donors (Lipinski definition) is 1. The van der Waals surface area contributed by atoms with Gasteiger partial charge in [0.15, 0.2) is 0 Å². The topological polar surface area (TPSA) is 65.8 Å². The Bertz CT molecular complexity index is 512. The first-order valence-corrected chi connectivity index (χ1v) is 6.44. The molecule has 1 aliphatic carbocycles. The fourth-order valence-electron chi connectivity index (χ4n) is 2.55. The van der Waals surface area contributed by atoms with E-state index in [1.54, 1.807) is 0 Å². The van der Waals surface area contributed by atoms with Crippen LogP contribution in [-0.4, -0.2) is 16.9 Å². The first kappa shape index (κ1) is 13.5. The highest BCUT2D eigenvalue weighted by Crippen LogP contribution is 2.29. The van der Waals surface area contributed by atoms with Crippen LogP contribution in [0.5, 0.6) is 0 Å². The first-order chi connectivity index (χ1) is 9.11. The summed E-state index contributed by atoms with van der Waals surface area (Å²) < 4.78 is 13.0. The van der Waals surface area contributed by atoms with Gasteiger partial charge in [0.25, 0.3) is 5.91 Å². The molecule has 1 aromatic heterocycles. The van der Waals surface area contributed by atoms with Gasteiger partial charge in [-0.1, -0.05) is 13.3 Å². The van der Waals surface area contributed by atoms with E-state index in [0.29, 0.717) is 0 Å². The summed E-state index contributed by atoms with van der Waals surface area (Å²) in [6.45, 7) is 1.98. The van der Waals surface area contributed by atoms with Crippen molar-refractivity contribution in [2.45, 2.75) is 32.2 Å². The summed E-state index contributed by atoms with van der Waals surface area (Å²) in [5, 5.41) is 11.9. The molecule has 3 unspecified atom stereocenters. The Morgan fingerprint density at radius 2 is 2.37 bits per heavy atom. The molecule has 3 atom stereocenters. The predicted molar refractivity (Wildman–Crippen MR) is 67.6 cm³/mol. The molecule has 1 saturated carbocycles. The molecule has 2 rings (SSSR count). The van der Waals surface area contributed by atoms with Gasteiger partial charge < -0.3 is 5.32 Å². The number of nitrogens with one attached hydrogen (secondary N) is 1. The van der Waals surface area contributed by atoms with Crippen LogP contribution in [0.25, 0.3) is 0 Å². The highest BCUT2D eigenvalue weighted by molar-refractivity contribution is 5.94. The van der Waals surface area contributed by atoms with E-state index in [-0.39, 0.29) is 29.3 Å². The molecular formula is C14H16FN3O. The molecule has 0 radical (unpaired) electrons.